The van der Waals surface area contributed by atoms with Crippen molar-refractivity contribution in [3.05, 3.63) is 53.7 Å². The summed E-state index contributed by atoms with van der Waals surface area (Å²) in [6, 6.07) is 12.1. The molecule has 1 aliphatic rings. The number of nitrogens with one attached hydrogen (secondary N) is 1. The third kappa shape index (κ3) is 3.11. The maximum Gasteiger partial charge on any atom is 0.230 e. The molecule has 2 heterocycles. The Morgan fingerprint density at radius 2 is 1.86 bits per heavy atom. The fourth-order valence-electron chi connectivity index (χ4n) is 2.37. The van der Waals surface area contributed by atoms with E-state index in [0.717, 1.165) is 30.2 Å². The van der Waals surface area contributed by atoms with Crippen molar-refractivity contribution in [1.29, 1.82) is 0 Å². The van der Waals surface area contributed by atoms with Crippen molar-refractivity contribution in [2.75, 3.05) is 13.1 Å². The molecule has 1 aromatic carbocycles. The van der Waals surface area contributed by atoms with Gasteiger partial charge in [0.2, 0.25) is 5.88 Å². The van der Waals surface area contributed by atoms with Gasteiger partial charge in [-0.05, 0) is 35.2 Å². The standard InChI is InChI=1S/C18H21N3O/c1-18(2,3)13-6-8-14(9-7-13)22-17-15(5-4-10-21-17)16-19-11-12-20-16/h4-10H,11-12H2,1-3H3,(H,19,20). The van der Waals surface area contributed by atoms with Crippen molar-refractivity contribution in [3.8, 4) is 11.6 Å². The molecule has 1 aromatic heterocycles. The molecule has 0 aliphatic carbocycles. The van der Waals surface area contributed by atoms with Gasteiger partial charge in [0.25, 0.3) is 0 Å². The highest BCUT2D eigenvalue weighted by Crippen LogP contribution is 2.27. The summed E-state index contributed by atoms with van der Waals surface area (Å²) in [6.07, 6.45) is 1.73. The molecule has 0 saturated heterocycles. The first-order valence-electron chi connectivity index (χ1n) is 7.56. The van der Waals surface area contributed by atoms with E-state index in [2.05, 4.69) is 48.2 Å². The molecular formula is C18H21N3O. The van der Waals surface area contributed by atoms with Crippen LogP contribution in [0.4, 0.5) is 0 Å². The van der Waals surface area contributed by atoms with Gasteiger partial charge >= 0.3 is 0 Å². The number of aliphatic imine (C=N–C) groups is 1. The van der Waals surface area contributed by atoms with Gasteiger partial charge in [0.05, 0.1) is 12.1 Å². The van der Waals surface area contributed by atoms with Gasteiger partial charge in [0, 0.05) is 12.7 Å². The van der Waals surface area contributed by atoms with Gasteiger partial charge in [0.1, 0.15) is 11.6 Å². The van der Waals surface area contributed by atoms with Gasteiger partial charge < -0.3 is 10.1 Å². The number of pyridine rings is 1. The van der Waals surface area contributed by atoms with E-state index < -0.39 is 0 Å². The van der Waals surface area contributed by atoms with Gasteiger partial charge in [-0.25, -0.2) is 4.98 Å². The van der Waals surface area contributed by atoms with Crippen LogP contribution in [0, 0.1) is 0 Å². The lowest BCUT2D eigenvalue weighted by Gasteiger charge is -2.19. The average Bonchev–Trinajstić information content (AvgIpc) is 3.01. The highest BCUT2D eigenvalue weighted by molar-refractivity contribution is 6.01. The molecule has 4 heteroatoms. The molecule has 0 bridgehead atoms. The predicted molar refractivity (Wildman–Crippen MR) is 88.9 cm³/mol. The number of nitrogens with zero attached hydrogens (tertiary/aromatic N) is 2. The molecule has 4 nitrogen and oxygen atoms in total. The Balaban J connectivity index is 1.84. The molecule has 0 amide bonds. The smallest absolute Gasteiger partial charge is 0.230 e. The lowest BCUT2D eigenvalue weighted by atomic mass is 9.87. The molecule has 114 valence electrons. The van der Waals surface area contributed by atoms with Crippen molar-refractivity contribution in [3.63, 3.8) is 0 Å². The van der Waals surface area contributed by atoms with Crippen LogP contribution >= 0.6 is 0 Å². The monoisotopic (exact) mass is 295 g/mol. The summed E-state index contributed by atoms with van der Waals surface area (Å²) >= 11 is 0. The molecule has 3 rings (SSSR count). The zero-order valence-corrected chi connectivity index (χ0v) is 13.3. The fourth-order valence-corrected chi connectivity index (χ4v) is 2.37. The van der Waals surface area contributed by atoms with Crippen LogP contribution in [0.1, 0.15) is 31.9 Å². The lowest BCUT2D eigenvalue weighted by Crippen LogP contribution is -2.20. The van der Waals surface area contributed by atoms with E-state index in [1.807, 2.05) is 24.3 Å². The first-order valence-corrected chi connectivity index (χ1v) is 7.56. The topological polar surface area (TPSA) is 46.5 Å². The third-order valence-electron chi connectivity index (χ3n) is 3.64. The fraction of sp³-hybridized carbons (Fsp3) is 0.333. The molecule has 0 fully saturated rings. The summed E-state index contributed by atoms with van der Waals surface area (Å²) in [4.78, 5) is 8.79. The maximum atomic E-state index is 5.96. The molecule has 0 radical (unpaired) electrons. The van der Waals surface area contributed by atoms with Crippen LogP contribution in [0.5, 0.6) is 11.6 Å². The first kappa shape index (κ1) is 14.6. The molecule has 2 aromatic rings. The summed E-state index contributed by atoms with van der Waals surface area (Å²) in [5.41, 5.74) is 2.32. The molecule has 1 N–H and O–H groups in total. The Labute approximate surface area is 131 Å². The number of rotatable bonds is 3. The van der Waals surface area contributed by atoms with Crippen molar-refractivity contribution in [1.82, 2.24) is 10.3 Å². The highest BCUT2D eigenvalue weighted by atomic mass is 16.5. The van der Waals surface area contributed by atoms with Crippen molar-refractivity contribution in [2.24, 2.45) is 4.99 Å². The largest absolute Gasteiger partial charge is 0.438 e. The molecule has 1 aliphatic heterocycles. The molecule has 22 heavy (non-hydrogen) atoms. The summed E-state index contributed by atoms with van der Waals surface area (Å²) in [7, 11) is 0. The van der Waals surface area contributed by atoms with Crippen molar-refractivity contribution in [2.45, 2.75) is 26.2 Å². The van der Waals surface area contributed by atoms with Gasteiger partial charge in [-0.2, -0.15) is 0 Å². The zero-order chi connectivity index (χ0) is 15.6. The minimum atomic E-state index is 0.136. The Bertz CT molecular complexity index is 684. The van der Waals surface area contributed by atoms with E-state index in [-0.39, 0.29) is 5.41 Å². The molecular weight excluding hydrogens is 274 g/mol. The van der Waals surface area contributed by atoms with Crippen LogP contribution in [-0.4, -0.2) is 23.9 Å². The SMILES string of the molecule is CC(C)(C)c1ccc(Oc2ncccc2C2=NCCN2)cc1. The number of benzene rings is 1. The van der Waals surface area contributed by atoms with Gasteiger partial charge in [-0.1, -0.05) is 32.9 Å². The molecule has 0 atom stereocenters. The van der Waals surface area contributed by atoms with Crippen LogP contribution in [0.15, 0.2) is 47.6 Å². The third-order valence-corrected chi connectivity index (χ3v) is 3.64. The van der Waals surface area contributed by atoms with Crippen molar-refractivity contribution >= 4 is 5.84 Å². The number of aromatic nitrogens is 1. The van der Waals surface area contributed by atoms with E-state index in [0.29, 0.717) is 5.88 Å². The Hall–Kier alpha value is -2.36. The van der Waals surface area contributed by atoms with Crippen molar-refractivity contribution < 1.29 is 4.74 Å². The Morgan fingerprint density at radius 3 is 2.50 bits per heavy atom. The summed E-state index contributed by atoms with van der Waals surface area (Å²) in [5, 5.41) is 3.26. The van der Waals surface area contributed by atoms with Crippen LogP contribution in [0.3, 0.4) is 0 Å². The lowest BCUT2D eigenvalue weighted by molar-refractivity contribution is 0.460. The minimum Gasteiger partial charge on any atom is -0.438 e. The first-order chi connectivity index (χ1) is 10.5. The Kier molecular flexibility index (Phi) is 3.84. The van der Waals surface area contributed by atoms with Gasteiger partial charge in [-0.15, -0.1) is 0 Å². The quantitative estimate of drug-likeness (QED) is 0.942. The molecule has 0 saturated carbocycles. The van der Waals surface area contributed by atoms with E-state index in [4.69, 9.17) is 4.74 Å². The average molecular weight is 295 g/mol. The number of hydrogen-bond donors (Lipinski definition) is 1. The minimum absolute atomic E-state index is 0.136. The summed E-state index contributed by atoms with van der Waals surface area (Å²) in [6.45, 7) is 8.25. The Morgan fingerprint density at radius 1 is 1.09 bits per heavy atom. The highest BCUT2D eigenvalue weighted by Gasteiger charge is 2.16. The van der Waals surface area contributed by atoms with Gasteiger partial charge in [0.15, 0.2) is 0 Å². The second kappa shape index (κ2) is 5.79. The molecule has 0 spiro atoms. The van der Waals surface area contributed by atoms with E-state index in [1.54, 1.807) is 6.20 Å². The number of hydrogen-bond acceptors (Lipinski definition) is 4. The van der Waals surface area contributed by atoms with Crippen LogP contribution in [0.25, 0.3) is 0 Å². The summed E-state index contributed by atoms with van der Waals surface area (Å²) < 4.78 is 5.96. The van der Waals surface area contributed by atoms with Crippen LogP contribution in [-0.2, 0) is 5.41 Å². The van der Waals surface area contributed by atoms with Crippen LogP contribution in [0.2, 0.25) is 0 Å². The van der Waals surface area contributed by atoms with E-state index in [9.17, 15) is 0 Å². The second-order valence-electron chi connectivity index (χ2n) is 6.39. The van der Waals surface area contributed by atoms with E-state index in [1.165, 1.54) is 5.56 Å². The van der Waals surface area contributed by atoms with E-state index >= 15 is 0 Å². The van der Waals surface area contributed by atoms with Crippen LogP contribution < -0.4 is 10.1 Å². The number of ether oxygens (including phenoxy) is 1. The number of amidine groups is 1. The second-order valence-corrected chi connectivity index (χ2v) is 6.39. The summed E-state index contributed by atoms with van der Waals surface area (Å²) in [5.74, 6) is 2.22. The van der Waals surface area contributed by atoms with Gasteiger partial charge in [-0.3, -0.25) is 4.99 Å². The zero-order valence-electron chi connectivity index (χ0n) is 13.3. The molecule has 0 unspecified atom stereocenters. The normalized spacial score (nSPS) is 14.4. The maximum absolute atomic E-state index is 5.96. The predicted octanol–water partition coefficient (Wildman–Crippen LogP) is 3.52.